The zero-order valence-electron chi connectivity index (χ0n) is 16.3. The molecule has 0 bridgehead atoms. The first kappa shape index (κ1) is 19.8. The smallest absolute Gasteiger partial charge is 0.228 e. The van der Waals surface area contributed by atoms with E-state index in [0.717, 1.165) is 6.41 Å². The Bertz CT molecular complexity index is 735. The van der Waals surface area contributed by atoms with Crippen molar-refractivity contribution >= 4 is 23.9 Å². The molecule has 9 heteroatoms. The Morgan fingerprint density at radius 2 is 1.64 bits per heavy atom. The fourth-order valence-electron chi connectivity index (χ4n) is 3.65. The predicted octanol–water partition coefficient (Wildman–Crippen LogP) is 0.366. The van der Waals surface area contributed by atoms with Crippen molar-refractivity contribution in [2.75, 3.05) is 59.0 Å². The molecule has 1 atom stereocenters. The van der Waals surface area contributed by atoms with Gasteiger partial charge in [0.2, 0.25) is 24.0 Å². The van der Waals surface area contributed by atoms with E-state index in [4.69, 9.17) is 14.2 Å². The first-order valence-electron chi connectivity index (χ1n) is 9.10. The van der Waals surface area contributed by atoms with Crippen LogP contribution in [0.2, 0.25) is 0 Å². The number of carbonyl (C=O) groups excluding carboxylic acids is 3. The largest absolute Gasteiger partial charge is 0.493 e. The SMILES string of the molecule is COc1cc(N2CC(C(=O)N3CCN(C=O)CC3)CC2=O)cc(OC)c1OC. The van der Waals surface area contributed by atoms with Gasteiger partial charge in [0.15, 0.2) is 11.5 Å². The maximum Gasteiger partial charge on any atom is 0.228 e. The van der Waals surface area contributed by atoms with E-state index < -0.39 is 5.92 Å². The summed E-state index contributed by atoms with van der Waals surface area (Å²) < 4.78 is 16.0. The summed E-state index contributed by atoms with van der Waals surface area (Å²) in [7, 11) is 4.54. The van der Waals surface area contributed by atoms with Crippen LogP contribution in [0.3, 0.4) is 0 Å². The highest BCUT2D eigenvalue weighted by Crippen LogP contribution is 2.42. The highest BCUT2D eigenvalue weighted by Gasteiger charge is 2.38. The number of carbonyl (C=O) groups is 3. The Balaban J connectivity index is 1.76. The predicted molar refractivity (Wildman–Crippen MR) is 101 cm³/mol. The lowest BCUT2D eigenvalue weighted by atomic mass is 10.1. The lowest BCUT2D eigenvalue weighted by Crippen LogP contribution is -2.50. The van der Waals surface area contributed by atoms with Crippen LogP contribution in [0.25, 0.3) is 0 Å². The number of anilines is 1. The van der Waals surface area contributed by atoms with E-state index in [2.05, 4.69) is 0 Å². The average molecular weight is 391 g/mol. The van der Waals surface area contributed by atoms with E-state index in [1.54, 1.807) is 26.8 Å². The molecule has 0 spiro atoms. The van der Waals surface area contributed by atoms with Crippen molar-refractivity contribution < 1.29 is 28.6 Å². The normalized spacial score (nSPS) is 19.6. The molecule has 28 heavy (non-hydrogen) atoms. The van der Waals surface area contributed by atoms with Gasteiger partial charge in [-0.15, -0.1) is 0 Å². The van der Waals surface area contributed by atoms with E-state index in [9.17, 15) is 14.4 Å². The molecule has 1 aromatic rings. The lowest BCUT2D eigenvalue weighted by Gasteiger charge is -2.33. The van der Waals surface area contributed by atoms with E-state index >= 15 is 0 Å². The van der Waals surface area contributed by atoms with Crippen molar-refractivity contribution in [1.29, 1.82) is 0 Å². The minimum Gasteiger partial charge on any atom is -0.493 e. The molecule has 0 N–H and O–H groups in total. The minimum absolute atomic E-state index is 0.0474. The summed E-state index contributed by atoms with van der Waals surface area (Å²) in [6.45, 7) is 2.32. The molecular weight excluding hydrogens is 366 g/mol. The molecule has 3 amide bonds. The van der Waals surface area contributed by atoms with Crippen LogP contribution in [0.15, 0.2) is 12.1 Å². The number of piperazine rings is 1. The minimum atomic E-state index is -0.408. The Morgan fingerprint density at radius 1 is 1.04 bits per heavy atom. The maximum atomic E-state index is 12.8. The quantitative estimate of drug-likeness (QED) is 0.651. The summed E-state index contributed by atoms with van der Waals surface area (Å²) >= 11 is 0. The van der Waals surface area contributed by atoms with Gasteiger partial charge in [-0.25, -0.2) is 0 Å². The van der Waals surface area contributed by atoms with Crippen molar-refractivity contribution in [3.8, 4) is 17.2 Å². The summed E-state index contributed by atoms with van der Waals surface area (Å²) in [6, 6.07) is 3.41. The zero-order valence-corrected chi connectivity index (χ0v) is 16.3. The van der Waals surface area contributed by atoms with Crippen molar-refractivity contribution in [2.45, 2.75) is 6.42 Å². The van der Waals surface area contributed by atoms with Gasteiger partial charge in [-0.05, 0) is 0 Å². The fraction of sp³-hybridized carbons (Fsp3) is 0.526. The number of ether oxygens (including phenoxy) is 3. The van der Waals surface area contributed by atoms with Crippen molar-refractivity contribution in [1.82, 2.24) is 9.80 Å². The standard InChI is InChI=1S/C19H25N3O6/c1-26-15-9-14(10-16(27-2)18(15)28-3)22-11-13(8-17(22)24)19(25)21-6-4-20(12-23)5-7-21/h9-10,12-13H,4-8,11H2,1-3H3. The second-order valence-corrected chi connectivity index (χ2v) is 6.76. The van der Waals surface area contributed by atoms with Crippen LogP contribution in [-0.2, 0) is 14.4 Å². The number of nitrogens with zero attached hydrogens (tertiary/aromatic N) is 3. The molecule has 152 valence electrons. The first-order chi connectivity index (χ1) is 13.5. The van der Waals surface area contributed by atoms with Crippen molar-refractivity contribution in [2.24, 2.45) is 5.92 Å². The van der Waals surface area contributed by atoms with Gasteiger partial charge in [0.05, 0.1) is 32.9 Å². The van der Waals surface area contributed by atoms with Gasteiger partial charge in [-0.3, -0.25) is 14.4 Å². The van der Waals surface area contributed by atoms with E-state index in [0.29, 0.717) is 55.7 Å². The highest BCUT2D eigenvalue weighted by molar-refractivity contribution is 6.00. The number of hydrogen-bond donors (Lipinski definition) is 0. The van der Waals surface area contributed by atoms with Crippen LogP contribution >= 0.6 is 0 Å². The third kappa shape index (κ3) is 3.69. The summed E-state index contributed by atoms with van der Waals surface area (Å²) in [6.07, 6.45) is 0.955. The Hall–Kier alpha value is -2.97. The van der Waals surface area contributed by atoms with Crippen LogP contribution in [0, 0.1) is 5.92 Å². The molecule has 9 nitrogen and oxygen atoms in total. The Labute approximate surface area is 163 Å². The molecule has 2 heterocycles. The molecule has 0 saturated carbocycles. The van der Waals surface area contributed by atoms with Crippen molar-refractivity contribution in [3.63, 3.8) is 0 Å². The third-order valence-electron chi connectivity index (χ3n) is 5.21. The second kappa shape index (κ2) is 8.37. The van der Waals surface area contributed by atoms with Gasteiger partial charge in [0, 0.05) is 51.3 Å². The second-order valence-electron chi connectivity index (χ2n) is 6.76. The number of methoxy groups -OCH3 is 3. The number of benzene rings is 1. The number of hydrogen-bond acceptors (Lipinski definition) is 6. The molecule has 0 aliphatic carbocycles. The van der Waals surface area contributed by atoms with Gasteiger partial charge in [0.25, 0.3) is 0 Å². The Kier molecular flexibility index (Phi) is 5.91. The molecule has 2 saturated heterocycles. The summed E-state index contributed by atoms with van der Waals surface area (Å²) in [4.78, 5) is 41.2. The molecule has 1 unspecified atom stereocenters. The molecule has 3 rings (SSSR count). The number of rotatable bonds is 6. The maximum absolute atomic E-state index is 12.8. The zero-order chi connectivity index (χ0) is 20.3. The average Bonchev–Trinajstić information content (AvgIpc) is 3.13. The first-order valence-corrected chi connectivity index (χ1v) is 9.10. The molecule has 2 aliphatic heterocycles. The van der Waals surface area contributed by atoms with Crippen LogP contribution in [-0.4, -0.2) is 82.1 Å². The molecule has 1 aromatic carbocycles. The summed E-state index contributed by atoms with van der Waals surface area (Å²) in [5, 5.41) is 0. The van der Waals surface area contributed by atoms with E-state index in [1.165, 1.54) is 21.3 Å². The van der Waals surface area contributed by atoms with Gasteiger partial charge < -0.3 is 28.9 Å². The lowest BCUT2D eigenvalue weighted by molar-refractivity contribution is -0.139. The number of amides is 3. The third-order valence-corrected chi connectivity index (χ3v) is 5.21. The molecule has 2 aliphatic rings. The highest BCUT2D eigenvalue weighted by atomic mass is 16.5. The monoisotopic (exact) mass is 391 g/mol. The van der Waals surface area contributed by atoms with Gasteiger partial charge in [-0.2, -0.15) is 0 Å². The van der Waals surface area contributed by atoms with Gasteiger partial charge >= 0.3 is 0 Å². The van der Waals surface area contributed by atoms with E-state index in [1.807, 2.05) is 0 Å². The molecular formula is C19H25N3O6. The van der Waals surface area contributed by atoms with Crippen LogP contribution in [0.4, 0.5) is 5.69 Å². The molecule has 2 fully saturated rings. The van der Waals surface area contributed by atoms with Crippen LogP contribution in [0.5, 0.6) is 17.2 Å². The fourth-order valence-corrected chi connectivity index (χ4v) is 3.65. The van der Waals surface area contributed by atoms with E-state index in [-0.39, 0.29) is 18.2 Å². The van der Waals surface area contributed by atoms with Crippen LogP contribution < -0.4 is 19.1 Å². The Morgan fingerprint density at radius 3 is 2.14 bits per heavy atom. The topological polar surface area (TPSA) is 88.6 Å². The van der Waals surface area contributed by atoms with Gasteiger partial charge in [0.1, 0.15) is 0 Å². The summed E-state index contributed by atoms with van der Waals surface area (Å²) in [5.41, 5.74) is 0.598. The van der Waals surface area contributed by atoms with Gasteiger partial charge in [-0.1, -0.05) is 0 Å². The van der Waals surface area contributed by atoms with Crippen LogP contribution in [0.1, 0.15) is 6.42 Å². The molecule has 0 aromatic heterocycles. The summed E-state index contributed by atoms with van der Waals surface area (Å²) in [5.74, 6) is 0.761. The molecule has 0 radical (unpaired) electrons. The van der Waals surface area contributed by atoms with Crippen molar-refractivity contribution in [3.05, 3.63) is 12.1 Å².